The van der Waals surface area contributed by atoms with Gasteiger partial charge in [0.05, 0.1) is 12.6 Å². The monoisotopic (exact) mass is 255 g/mol. The second-order valence-electron chi connectivity index (χ2n) is 4.28. The Kier molecular flexibility index (Phi) is 4.71. The van der Waals surface area contributed by atoms with Crippen LogP contribution in [0.25, 0.3) is 0 Å². The summed E-state index contributed by atoms with van der Waals surface area (Å²) in [6.45, 7) is 2.54. The first-order valence-corrected chi connectivity index (χ1v) is 6.36. The van der Waals surface area contributed by atoms with Gasteiger partial charge in [-0.1, -0.05) is 48.3 Å². The SMILES string of the molecule is C#CC(CC)NCc1nc(Cc2ccccc2)no1. The van der Waals surface area contributed by atoms with Crippen LogP contribution in [0.1, 0.15) is 30.6 Å². The lowest BCUT2D eigenvalue weighted by Gasteiger charge is -2.06. The topological polar surface area (TPSA) is 51.0 Å². The Morgan fingerprint density at radius 1 is 1.37 bits per heavy atom. The van der Waals surface area contributed by atoms with Gasteiger partial charge in [0.25, 0.3) is 0 Å². The van der Waals surface area contributed by atoms with Gasteiger partial charge in [-0.3, -0.25) is 5.32 Å². The van der Waals surface area contributed by atoms with Gasteiger partial charge in [-0.2, -0.15) is 4.98 Å². The molecule has 1 heterocycles. The maximum absolute atomic E-state index is 5.38. The Morgan fingerprint density at radius 2 is 2.16 bits per heavy atom. The first-order valence-electron chi connectivity index (χ1n) is 6.36. The first kappa shape index (κ1) is 13.3. The summed E-state index contributed by atoms with van der Waals surface area (Å²) in [7, 11) is 0. The van der Waals surface area contributed by atoms with E-state index in [1.54, 1.807) is 0 Å². The largest absolute Gasteiger partial charge is 0.338 e. The normalized spacial score (nSPS) is 12.0. The van der Waals surface area contributed by atoms with Crippen molar-refractivity contribution in [1.82, 2.24) is 15.5 Å². The summed E-state index contributed by atoms with van der Waals surface area (Å²) < 4.78 is 5.18. The highest BCUT2D eigenvalue weighted by atomic mass is 16.5. The van der Waals surface area contributed by atoms with Crippen molar-refractivity contribution in [2.45, 2.75) is 32.4 Å². The zero-order valence-corrected chi connectivity index (χ0v) is 11.0. The zero-order valence-electron chi connectivity index (χ0n) is 11.0. The van der Waals surface area contributed by atoms with Crippen LogP contribution in [0.5, 0.6) is 0 Å². The average Bonchev–Trinajstić information content (AvgIpc) is 2.89. The molecule has 1 aromatic carbocycles. The standard InChI is InChI=1S/C15H17N3O/c1-3-13(4-2)16-11-15-17-14(18-19-15)10-12-8-6-5-7-9-12/h1,5-9,13,16H,4,10-11H2,2H3. The molecular weight excluding hydrogens is 238 g/mol. The number of terminal acetylenes is 1. The molecule has 2 rings (SSSR count). The maximum Gasteiger partial charge on any atom is 0.240 e. The van der Waals surface area contributed by atoms with E-state index < -0.39 is 0 Å². The van der Waals surface area contributed by atoms with E-state index in [2.05, 4.69) is 21.4 Å². The quantitative estimate of drug-likeness (QED) is 0.804. The van der Waals surface area contributed by atoms with Crippen molar-refractivity contribution in [2.75, 3.05) is 0 Å². The molecule has 0 spiro atoms. The Bertz CT molecular complexity index is 542. The number of benzene rings is 1. The smallest absolute Gasteiger partial charge is 0.240 e. The molecule has 0 amide bonds. The molecule has 0 fully saturated rings. The highest BCUT2D eigenvalue weighted by Crippen LogP contribution is 2.06. The van der Waals surface area contributed by atoms with E-state index in [4.69, 9.17) is 10.9 Å². The van der Waals surface area contributed by atoms with Crippen molar-refractivity contribution in [1.29, 1.82) is 0 Å². The van der Waals surface area contributed by atoms with Gasteiger partial charge in [-0.15, -0.1) is 6.42 Å². The van der Waals surface area contributed by atoms with Crippen LogP contribution in [0, 0.1) is 12.3 Å². The lowest BCUT2D eigenvalue weighted by molar-refractivity contribution is 0.359. The Balaban J connectivity index is 1.91. The van der Waals surface area contributed by atoms with Gasteiger partial charge in [0.1, 0.15) is 0 Å². The zero-order chi connectivity index (χ0) is 13.5. The van der Waals surface area contributed by atoms with Gasteiger partial charge in [-0.05, 0) is 12.0 Å². The van der Waals surface area contributed by atoms with Crippen LogP contribution in [0.4, 0.5) is 0 Å². The molecule has 19 heavy (non-hydrogen) atoms. The number of hydrogen-bond acceptors (Lipinski definition) is 4. The van der Waals surface area contributed by atoms with Crippen LogP contribution in [-0.2, 0) is 13.0 Å². The van der Waals surface area contributed by atoms with Crippen molar-refractivity contribution in [3.05, 3.63) is 47.6 Å². The highest BCUT2D eigenvalue weighted by Gasteiger charge is 2.08. The third kappa shape index (κ3) is 3.94. The molecule has 0 aliphatic rings. The number of hydrogen-bond donors (Lipinski definition) is 1. The molecule has 1 aromatic heterocycles. The number of aromatic nitrogens is 2. The van der Waals surface area contributed by atoms with Crippen LogP contribution >= 0.6 is 0 Å². The van der Waals surface area contributed by atoms with E-state index in [1.807, 2.05) is 37.3 Å². The second-order valence-corrected chi connectivity index (χ2v) is 4.28. The van der Waals surface area contributed by atoms with Gasteiger partial charge in [0.2, 0.25) is 5.89 Å². The third-order valence-corrected chi connectivity index (χ3v) is 2.82. The second kappa shape index (κ2) is 6.72. The lowest BCUT2D eigenvalue weighted by atomic mass is 10.1. The number of rotatable bonds is 6. The summed E-state index contributed by atoms with van der Waals surface area (Å²) in [5.74, 6) is 3.93. The first-order chi connectivity index (χ1) is 9.31. The molecule has 1 N–H and O–H groups in total. The highest BCUT2D eigenvalue weighted by molar-refractivity contribution is 5.18. The minimum absolute atomic E-state index is 0.0458. The van der Waals surface area contributed by atoms with Gasteiger partial charge < -0.3 is 4.52 Å². The molecule has 0 aliphatic heterocycles. The molecule has 0 radical (unpaired) electrons. The fraction of sp³-hybridized carbons (Fsp3) is 0.333. The molecule has 0 saturated carbocycles. The molecule has 0 bridgehead atoms. The molecule has 4 nitrogen and oxygen atoms in total. The number of nitrogens with zero attached hydrogens (tertiary/aromatic N) is 2. The average molecular weight is 255 g/mol. The van der Waals surface area contributed by atoms with E-state index in [0.29, 0.717) is 24.7 Å². The molecule has 0 saturated heterocycles. The van der Waals surface area contributed by atoms with E-state index in [0.717, 1.165) is 12.0 Å². The predicted octanol–water partition coefficient (Wildman–Crippen LogP) is 2.16. The van der Waals surface area contributed by atoms with Gasteiger partial charge >= 0.3 is 0 Å². The molecular formula is C15H17N3O. The van der Waals surface area contributed by atoms with Gasteiger partial charge in [-0.25, -0.2) is 0 Å². The van der Waals surface area contributed by atoms with Gasteiger partial charge in [0.15, 0.2) is 5.82 Å². The van der Waals surface area contributed by atoms with Crippen LogP contribution < -0.4 is 5.32 Å². The van der Waals surface area contributed by atoms with E-state index in [-0.39, 0.29) is 6.04 Å². The summed E-state index contributed by atoms with van der Waals surface area (Å²) in [6, 6.07) is 10.1. The number of nitrogens with one attached hydrogen (secondary N) is 1. The molecule has 98 valence electrons. The maximum atomic E-state index is 5.38. The van der Waals surface area contributed by atoms with E-state index in [1.165, 1.54) is 0 Å². The van der Waals surface area contributed by atoms with Gasteiger partial charge in [0, 0.05) is 6.42 Å². The summed E-state index contributed by atoms with van der Waals surface area (Å²) >= 11 is 0. The molecule has 1 unspecified atom stereocenters. The van der Waals surface area contributed by atoms with Crippen LogP contribution in [0.3, 0.4) is 0 Å². The summed E-state index contributed by atoms with van der Waals surface area (Å²) in [5.41, 5.74) is 1.16. The minimum Gasteiger partial charge on any atom is -0.338 e. The fourth-order valence-corrected chi connectivity index (χ4v) is 1.74. The van der Waals surface area contributed by atoms with Crippen molar-refractivity contribution in [3.63, 3.8) is 0 Å². The fourth-order valence-electron chi connectivity index (χ4n) is 1.74. The van der Waals surface area contributed by atoms with Crippen molar-refractivity contribution in [2.24, 2.45) is 0 Å². The summed E-state index contributed by atoms with van der Waals surface area (Å²) in [4.78, 5) is 4.34. The van der Waals surface area contributed by atoms with Crippen molar-refractivity contribution < 1.29 is 4.52 Å². The molecule has 1 atom stereocenters. The Hall–Kier alpha value is -2.12. The molecule has 2 aromatic rings. The summed E-state index contributed by atoms with van der Waals surface area (Å²) in [5, 5.41) is 7.14. The van der Waals surface area contributed by atoms with Crippen LogP contribution in [-0.4, -0.2) is 16.2 Å². The molecule has 4 heteroatoms. The van der Waals surface area contributed by atoms with Crippen LogP contribution in [0.15, 0.2) is 34.9 Å². The van der Waals surface area contributed by atoms with E-state index in [9.17, 15) is 0 Å². The van der Waals surface area contributed by atoms with Crippen LogP contribution in [0.2, 0.25) is 0 Å². The minimum atomic E-state index is 0.0458. The lowest BCUT2D eigenvalue weighted by Crippen LogP contribution is -2.26. The predicted molar refractivity (Wildman–Crippen MR) is 73.3 cm³/mol. The van der Waals surface area contributed by atoms with Crippen molar-refractivity contribution >= 4 is 0 Å². The summed E-state index contributed by atoms with van der Waals surface area (Å²) in [6.07, 6.45) is 6.93. The third-order valence-electron chi connectivity index (χ3n) is 2.82. The van der Waals surface area contributed by atoms with E-state index >= 15 is 0 Å². The van der Waals surface area contributed by atoms with Crippen molar-refractivity contribution in [3.8, 4) is 12.3 Å². The molecule has 0 aliphatic carbocycles. The Morgan fingerprint density at radius 3 is 2.84 bits per heavy atom. The Labute approximate surface area is 113 Å².